The minimum atomic E-state index is -4.45. The van der Waals surface area contributed by atoms with Crippen molar-refractivity contribution >= 4 is 11.7 Å². The van der Waals surface area contributed by atoms with Gasteiger partial charge in [0.05, 0.1) is 0 Å². The van der Waals surface area contributed by atoms with Crippen LogP contribution in [0.15, 0.2) is 48.8 Å². The molecule has 27 heavy (non-hydrogen) atoms. The fourth-order valence-electron chi connectivity index (χ4n) is 2.51. The molecule has 0 saturated heterocycles. The van der Waals surface area contributed by atoms with Crippen LogP contribution in [-0.4, -0.2) is 31.8 Å². The Kier molecular flexibility index (Phi) is 4.93. The number of nitrogens with zero attached hydrogens (tertiary/aromatic N) is 4. The second-order valence-corrected chi connectivity index (χ2v) is 5.96. The molecule has 140 valence electrons. The molecule has 0 bridgehead atoms. The van der Waals surface area contributed by atoms with Gasteiger partial charge in [0.1, 0.15) is 23.9 Å². The molecule has 6 nitrogen and oxygen atoms in total. The average molecular weight is 375 g/mol. The summed E-state index contributed by atoms with van der Waals surface area (Å²) >= 11 is 0. The molecule has 3 aromatic rings. The first kappa shape index (κ1) is 18.6. The predicted octanol–water partition coefficient (Wildman–Crippen LogP) is 4.02. The second kappa shape index (κ2) is 7.18. The third kappa shape index (κ3) is 3.97. The Balaban J connectivity index is 1.88. The first-order valence-corrected chi connectivity index (χ1v) is 8.08. The summed E-state index contributed by atoms with van der Waals surface area (Å²) < 4.78 is 40.0. The standard InChI is InChI=1S/C18H16F3N5O/c1-11-6-3-4-7-13(11)17(27)24-15-9-5-8-14(23-15)16-25-22-10-26(16)12(2)18(19,20)21/h3-10,12H,1-2H3,(H,23,24,27). The van der Waals surface area contributed by atoms with Crippen molar-refractivity contribution in [2.45, 2.75) is 26.1 Å². The molecule has 0 aliphatic rings. The lowest BCUT2D eigenvalue weighted by molar-refractivity contribution is -0.162. The zero-order valence-corrected chi connectivity index (χ0v) is 14.5. The Bertz CT molecular complexity index is 967. The van der Waals surface area contributed by atoms with Gasteiger partial charge in [0, 0.05) is 5.56 Å². The van der Waals surface area contributed by atoms with E-state index in [1.165, 1.54) is 6.07 Å². The fourth-order valence-corrected chi connectivity index (χ4v) is 2.51. The number of aryl methyl sites for hydroxylation is 1. The van der Waals surface area contributed by atoms with Crippen molar-refractivity contribution in [1.29, 1.82) is 0 Å². The molecule has 2 heterocycles. The van der Waals surface area contributed by atoms with Crippen LogP contribution >= 0.6 is 0 Å². The lowest BCUT2D eigenvalue weighted by Crippen LogP contribution is -2.24. The van der Waals surface area contributed by atoms with E-state index in [9.17, 15) is 18.0 Å². The predicted molar refractivity (Wildman–Crippen MR) is 93.2 cm³/mol. The highest BCUT2D eigenvalue weighted by Gasteiger charge is 2.38. The molecule has 0 radical (unpaired) electrons. The highest BCUT2D eigenvalue weighted by Crippen LogP contribution is 2.32. The quantitative estimate of drug-likeness (QED) is 0.747. The van der Waals surface area contributed by atoms with Crippen LogP contribution in [0.5, 0.6) is 0 Å². The molecule has 1 unspecified atom stereocenters. The molecule has 0 aliphatic heterocycles. The van der Waals surface area contributed by atoms with Crippen molar-refractivity contribution in [3.8, 4) is 11.5 Å². The van der Waals surface area contributed by atoms with Crippen LogP contribution in [0, 0.1) is 6.92 Å². The molecule has 0 fully saturated rings. The van der Waals surface area contributed by atoms with E-state index >= 15 is 0 Å². The molecular formula is C18H16F3N5O. The molecule has 1 aromatic carbocycles. The monoisotopic (exact) mass is 375 g/mol. The van der Waals surface area contributed by atoms with E-state index in [1.54, 1.807) is 37.3 Å². The third-order valence-electron chi connectivity index (χ3n) is 4.07. The number of anilines is 1. The van der Waals surface area contributed by atoms with Gasteiger partial charge in [-0.2, -0.15) is 13.2 Å². The Hall–Kier alpha value is -3.23. The summed E-state index contributed by atoms with van der Waals surface area (Å²) in [5.41, 5.74) is 1.45. The number of pyridine rings is 1. The lowest BCUT2D eigenvalue weighted by Gasteiger charge is -2.18. The van der Waals surface area contributed by atoms with Crippen LogP contribution in [0.1, 0.15) is 28.9 Å². The van der Waals surface area contributed by atoms with Gasteiger partial charge in [-0.05, 0) is 37.6 Å². The number of rotatable bonds is 4. The third-order valence-corrected chi connectivity index (χ3v) is 4.07. The van der Waals surface area contributed by atoms with Crippen molar-refractivity contribution in [2.24, 2.45) is 0 Å². The topological polar surface area (TPSA) is 72.7 Å². The number of carbonyl (C=O) groups excluding carboxylic acids is 1. The molecule has 0 spiro atoms. The van der Waals surface area contributed by atoms with Gasteiger partial charge in [0.2, 0.25) is 0 Å². The second-order valence-electron chi connectivity index (χ2n) is 5.96. The van der Waals surface area contributed by atoms with Crippen LogP contribution in [0.25, 0.3) is 11.5 Å². The largest absolute Gasteiger partial charge is 0.408 e. The number of hydrogen-bond donors (Lipinski definition) is 1. The van der Waals surface area contributed by atoms with E-state index in [4.69, 9.17) is 0 Å². The van der Waals surface area contributed by atoms with Crippen molar-refractivity contribution in [3.63, 3.8) is 0 Å². The summed E-state index contributed by atoms with van der Waals surface area (Å²) in [6.07, 6.45) is -3.44. The minimum Gasteiger partial charge on any atom is -0.307 e. The number of aromatic nitrogens is 4. The van der Waals surface area contributed by atoms with Crippen LogP contribution in [0.3, 0.4) is 0 Å². The first-order valence-electron chi connectivity index (χ1n) is 8.08. The van der Waals surface area contributed by atoms with E-state index in [0.29, 0.717) is 5.56 Å². The number of benzene rings is 1. The Morgan fingerprint density at radius 1 is 1.15 bits per heavy atom. The summed E-state index contributed by atoms with van der Waals surface area (Å²) in [5, 5.41) is 9.97. The summed E-state index contributed by atoms with van der Waals surface area (Å²) in [6, 6.07) is 9.87. The zero-order chi connectivity index (χ0) is 19.6. The van der Waals surface area contributed by atoms with Crippen LogP contribution in [0.2, 0.25) is 0 Å². The van der Waals surface area contributed by atoms with E-state index in [2.05, 4.69) is 20.5 Å². The van der Waals surface area contributed by atoms with Gasteiger partial charge in [0.15, 0.2) is 5.82 Å². The van der Waals surface area contributed by atoms with E-state index in [1.807, 2.05) is 6.07 Å². The SMILES string of the molecule is Cc1ccccc1C(=O)Nc1cccc(-c2nncn2C(C)C(F)(F)F)n1. The molecule has 1 amide bonds. The number of amides is 1. The van der Waals surface area contributed by atoms with Crippen molar-refractivity contribution < 1.29 is 18.0 Å². The molecule has 0 saturated carbocycles. The van der Waals surface area contributed by atoms with Crippen LogP contribution < -0.4 is 5.32 Å². The smallest absolute Gasteiger partial charge is 0.307 e. The van der Waals surface area contributed by atoms with E-state index in [0.717, 1.165) is 23.4 Å². The first-order chi connectivity index (χ1) is 12.8. The molecule has 9 heteroatoms. The van der Waals surface area contributed by atoms with E-state index in [-0.39, 0.29) is 23.2 Å². The number of halogens is 3. The van der Waals surface area contributed by atoms with Crippen LogP contribution in [-0.2, 0) is 0 Å². The maximum absolute atomic E-state index is 13.0. The Morgan fingerprint density at radius 2 is 1.89 bits per heavy atom. The number of hydrogen-bond acceptors (Lipinski definition) is 4. The summed E-state index contributed by atoms with van der Waals surface area (Å²) in [5.74, 6) is -0.190. The van der Waals surface area contributed by atoms with Gasteiger partial charge in [0.25, 0.3) is 5.91 Å². The maximum Gasteiger partial charge on any atom is 0.408 e. The summed E-state index contributed by atoms with van der Waals surface area (Å²) in [6.45, 7) is 2.82. The van der Waals surface area contributed by atoms with Crippen molar-refractivity contribution in [3.05, 3.63) is 59.9 Å². The number of alkyl halides is 3. The fraction of sp³-hybridized carbons (Fsp3) is 0.222. The van der Waals surface area contributed by atoms with Gasteiger partial charge in [-0.15, -0.1) is 10.2 Å². The van der Waals surface area contributed by atoms with Gasteiger partial charge in [-0.1, -0.05) is 24.3 Å². The van der Waals surface area contributed by atoms with Crippen molar-refractivity contribution in [1.82, 2.24) is 19.7 Å². The summed E-state index contributed by atoms with van der Waals surface area (Å²) in [7, 11) is 0. The number of carbonyl (C=O) groups is 1. The van der Waals surface area contributed by atoms with Gasteiger partial charge >= 0.3 is 6.18 Å². The molecule has 1 N–H and O–H groups in total. The van der Waals surface area contributed by atoms with Gasteiger partial charge < -0.3 is 9.88 Å². The van der Waals surface area contributed by atoms with E-state index < -0.39 is 12.2 Å². The maximum atomic E-state index is 13.0. The molecule has 3 rings (SSSR count). The van der Waals surface area contributed by atoms with Gasteiger partial charge in [-0.25, -0.2) is 4.98 Å². The normalized spacial score (nSPS) is 12.6. The highest BCUT2D eigenvalue weighted by atomic mass is 19.4. The zero-order valence-electron chi connectivity index (χ0n) is 14.5. The molecule has 1 atom stereocenters. The minimum absolute atomic E-state index is 0.0354. The average Bonchev–Trinajstić information content (AvgIpc) is 3.10. The Morgan fingerprint density at radius 3 is 2.59 bits per heavy atom. The van der Waals surface area contributed by atoms with Gasteiger partial charge in [-0.3, -0.25) is 4.79 Å². The lowest BCUT2D eigenvalue weighted by atomic mass is 10.1. The molecular weight excluding hydrogens is 359 g/mol. The van der Waals surface area contributed by atoms with Crippen LogP contribution in [0.4, 0.5) is 19.0 Å². The summed E-state index contributed by atoms with van der Waals surface area (Å²) in [4.78, 5) is 16.6. The highest BCUT2D eigenvalue weighted by molar-refractivity contribution is 6.04. The number of nitrogens with one attached hydrogen (secondary N) is 1. The van der Waals surface area contributed by atoms with Crippen molar-refractivity contribution in [2.75, 3.05) is 5.32 Å². The molecule has 0 aliphatic carbocycles. The molecule has 2 aromatic heterocycles. The Labute approximate surface area is 153 Å².